The lowest BCUT2D eigenvalue weighted by Crippen LogP contribution is -2.21. The van der Waals surface area contributed by atoms with Crippen molar-refractivity contribution in [2.24, 2.45) is 5.92 Å². The fourth-order valence-electron chi connectivity index (χ4n) is 1.67. The summed E-state index contributed by atoms with van der Waals surface area (Å²) in [5, 5.41) is 0. The minimum Gasteiger partial charge on any atom is -0.408 e. The van der Waals surface area contributed by atoms with Crippen LogP contribution in [0.5, 0.6) is 0 Å². The van der Waals surface area contributed by atoms with Crippen molar-refractivity contribution in [3.63, 3.8) is 0 Å². The average molecular weight is 205 g/mol. The Morgan fingerprint density at radius 2 is 1.87 bits per heavy atom. The van der Waals surface area contributed by atoms with E-state index in [0.717, 1.165) is 5.52 Å². The van der Waals surface area contributed by atoms with Crippen molar-refractivity contribution in [3.8, 4) is 0 Å². The lowest BCUT2D eigenvalue weighted by atomic mass is 10.1. The minimum absolute atomic E-state index is 0.154. The molecule has 0 spiro atoms. The zero-order valence-electron chi connectivity index (χ0n) is 9.23. The second kappa shape index (κ2) is 3.57. The number of para-hydroxylation sites is 2. The Labute approximate surface area is 88.3 Å². The highest BCUT2D eigenvalue weighted by Gasteiger charge is 2.16. The predicted molar refractivity (Wildman–Crippen MR) is 60.0 cm³/mol. The number of nitrogens with zero attached hydrogens (tertiary/aromatic N) is 1. The number of hydrogen-bond donors (Lipinski definition) is 0. The fraction of sp³-hybridized carbons (Fsp3) is 0.417. The molecular weight excluding hydrogens is 190 g/mol. The molecular formula is C12H15NO2. The summed E-state index contributed by atoms with van der Waals surface area (Å²) in [6, 6.07) is 7.68. The highest BCUT2D eigenvalue weighted by molar-refractivity contribution is 5.72. The van der Waals surface area contributed by atoms with E-state index in [4.69, 9.17) is 4.42 Å². The maximum Gasteiger partial charge on any atom is 0.420 e. The van der Waals surface area contributed by atoms with Crippen molar-refractivity contribution in [3.05, 3.63) is 34.8 Å². The zero-order valence-corrected chi connectivity index (χ0v) is 9.23. The van der Waals surface area contributed by atoms with Gasteiger partial charge in [-0.2, -0.15) is 0 Å². The number of fused-ring (bicyclic) bond motifs is 1. The van der Waals surface area contributed by atoms with Crippen LogP contribution in [0.1, 0.15) is 26.8 Å². The summed E-state index contributed by atoms with van der Waals surface area (Å²) < 4.78 is 6.90. The van der Waals surface area contributed by atoms with Gasteiger partial charge in [0.1, 0.15) is 0 Å². The van der Waals surface area contributed by atoms with Gasteiger partial charge in [0.2, 0.25) is 0 Å². The van der Waals surface area contributed by atoms with Gasteiger partial charge in [0, 0.05) is 6.04 Å². The molecule has 2 rings (SSSR count). The molecule has 3 heteroatoms. The van der Waals surface area contributed by atoms with E-state index >= 15 is 0 Å². The molecule has 1 aromatic heterocycles. The van der Waals surface area contributed by atoms with Crippen molar-refractivity contribution >= 4 is 11.1 Å². The Kier molecular flexibility index (Phi) is 2.39. The lowest BCUT2D eigenvalue weighted by Gasteiger charge is -2.16. The number of aromatic nitrogens is 1. The molecule has 1 heterocycles. The topological polar surface area (TPSA) is 35.1 Å². The van der Waals surface area contributed by atoms with Gasteiger partial charge in [-0.15, -0.1) is 0 Å². The molecule has 1 atom stereocenters. The van der Waals surface area contributed by atoms with Crippen LogP contribution in [0, 0.1) is 5.92 Å². The molecule has 0 saturated carbocycles. The van der Waals surface area contributed by atoms with Gasteiger partial charge in [-0.3, -0.25) is 4.57 Å². The van der Waals surface area contributed by atoms with E-state index in [2.05, 4.69) is 13.8 Å². The Bertz CT molecular complexity index is 522. The Morgan fingerprint density at radius 3 is 2.53 bits per heavy atom. The smallest absolute Gasteiger partial charge is 0.408 e. The zero-order chi connectivity index (χ0) is 11.0. The molecule has 3 nitrogen and oxygen atoms in total. The van der Waals surface area contributed by atoms with Crippen molar-refractivity contribution in [2.45, 2.75) is 26.8 Å². The lowest BCUT2D eigenvalue weighted by molar-refractivity contribution is 0.378. The number of hydrogen-bond acceptors (Lipinski definition) is 2. The molecule has 0 saturated heterocycles. The molecule has 0 radical (unpaired) electrons. The summed E-state index contributed by atoms with van der Waals surface area (Å²) in [7, 11) is 0. The second-order valence-corrected chi connectivity index (χ2v) is 4.19. The SMILES string of the molecule is CC(C)C(C)n1c(=O)oc2ccccc21. The quantitative estimate of drug-likeness (QED) is 0.755. The van der Waals surface area contributed by atoms with Crippen molar-refractivity contribution in [1.29, 1.82) is 0 Å². The Hall–Kier alpha value is -1.51. The predicted octanol–water partition coefficient (Wildman–Crippen LogP) is 2.81. The summed E-state index contributed by atoms with van der Waals surface area (Å²) in [5.74, 6) is 0.140. The standard InChI is InChI=1S/C12H15NO2/c1-8(2)9(3)13-10-6-4-5-7-11(10)15-12(13)14/h4-9H,1-3H3. The van der Waals surface area contributed by atoms with Gasteiger partial charge in [0.15, 0.2) is 5.58 Å². The summed E-state index contributed by atoms with van der Waals surface area (Å²) in [6.07, 6.45) is 0. The Morgan fingerprint density at radius 1 is 1.20 bits per heavy atom. The summed E-state index contributed by atoms with van der Waals surface area (Å²) in [5.41, 5.74) is 1.54. The highest BCUT2D eigenvalue weighted by Crippen LogP contribution is 2.21. The molecule has 0 aliphatic rings. The van der Waals surface area contributed by atoms with E-state index in [-0.39, 0.29) is 11.8 Å². The van der Waals surface area contributed by atoms with Crippen LogP contribution in [0.4, 0.5) is 0 Å². The third-order valence-corrected chi connectivity index (χ3v) is 2.89. The van der Waals surface area contributed by atoms with Crippen LogP contribution in [0.25, 0.3) is 11.1 Å². The van der Waals surface area contributed by atoms with Crippen molar-refractivity contribution < 1.29 is 4.42 Å². The van der Waals surface area contributed by atoms with Gasteiger partial charge in [0.05, 0.1) is 5.52 Å². The van der Waals surface area contributed by atoms with Crippen LogP contribution >= 0.6 is 0 Å². The molecule has 0 aliphatic carbocycles. The average Bonchev–Trinajstić information content (AvgIpc) is 2.52. The highest BCUT2D eigenvalue weighted by atomic mass is 16.4. The van der Waals surface area contributed by atoms with E-state index in [0.29, 0.717) is 11.5 Å². The first-order chi connectivity index (χ1) is 7.11. The molecule has 2 aromatic rings. The van der Waals surface area contributed by atoms with Crippen LogP contribution in [0.2, 0.25) is 0 Å². The van der Waals surface area contributed by atoms with Crippen LogP contribution in [-0.2, 0) is 0 Å². The van der Waals surface area contributed by atoms with E-state index < -0.39 is 0 Å². The normalized spacial score (nSPS) is 13.6. The molecule has 80 valence electrons. The van der Waals surface area contributed by atoms with E-state index in [1.807, 2.05) is 31.2 Å². The molecule has 0 bridgehead atoms. The third-order valence-electron chi connectivity index (χ3n) is 2.89. The van der Waals surface area contributed by atoms with E-state index in [1.165, 1.54) is 0 Å². The van der Waals surface area contributed by atoms with Crippen molar-refractivity contribution in [1.82, 2.24) is 4.57 Å². The maximum absolute atomic E-state index is 11.7. The van der Waals surface area contributed by atoms with Gasteiger partial charge in [-0.05, 0) is 25.0 Å². The molecule has 0 aliphatic heterocycles. The first-order valence-corrected chi connectivity index (χ1v) is 5.21. The molecule has 0 amide bonds. The summed E-state index contributed by atoms with van der Waals surface area (Å²) in [4.78, 5) is 11.7. The van der Waals surface area contributed by atoms with Crippen LogP contribution in [0.3, 0.4) is 0 Å². The monoisotopic (exact) mass is 205 g/mol. The first-order valence-electron chi connectivity index (χ1n) is 5.21. The van der Waals surface area contributed by atoms with Crippen molar-refractivity contribution in [2.75, 3.05) is 0 Å². The summed E-state index contributed by atoms with van der Waals surface area (Å²) in [6.45, 7) is 6.23. The third kappa shape index (κ3) is 1.58. The second-order valence-electron chi connectivity index (χ2n) is 4.19. The molecule has 1 aromatic carbocycles. The van der Waals surface area contributed by atoms with Crippen LogP contribution in [-0.4, -0.2) is 4.57 Å². The first kappa shape index (κ1) is 10.0. The van der Waals surface area contributed by atoms with Gasteiger partial charge >= 0.3 is 5.76 Å². The number of rotatable bonds is 2. The number of benzene rings is 1. The Balaban J connectivity index is 2.69. The molecule has 0 fully saturated rings. The largest absolute Gasteiger partial charge is 0.420 e. The van der Waals surface area contributed by atoms with Gasteiger partial charge in [0.25, 0.3) is 0 Å². The number of oxazole rings is 1. The van der Waals surface area contributed by atoms with E-state index in [9.17, 15) is 4.79 Å². The molecule has 0 N–H and O–H groups in total. The fourth-order valence-corrected chi connectivity index (χ4v) is 1.67. The summed E-state index contributed by atoms with van der Waals surface area (Å²) >= 11 is 0. The maximum atomic E-state index is 11.7. The van der Waals surface area contributed by atoms with Gasteiger partial charge < -0.3 is 4.42 Å². The van der Waals surface area contributed by atoms with Gasteiger partial charge in [-0.25, -0.2) is 4.79 Å². The van der Waals surface area contributed by atoms with E-state index in [1.54, 1.807) is 4.57 Å². The van der Waals surface area contributed by atoms with Gasteiger partial charge in [-0.1, -0.05) is 26.0 Å². The molecule has 1 unspecified atom stereocenters. The molecule has 15 heavy (non-hydrogen) atoms. The van der Waals surface area contributed by atoms with Crippen LogP contribution in [0.15, 0.2) is 33.5 Å². The minimum atomic E-state index is -0.266. The van der Waals surface area contributed by atoms with Crippen LogP contribution < -0.4 is 5.76 Å².